The highest BCUT2D eigenvalue weighted by atomic mass is 16.5. The maximum absolute atomic E-state index is 11.6. The van der Waals surface area contributed by atoms with Gasteiger partial charge in [0.15, 0.2) is 5.78 Å². The van der Waals surface area contributed by atoms with E-state index in [1.165, 1.54) is 0 Å². The van der Waals surface area contributed by atoms with Gasteiger partial charge in [0.25, 0.3) is 0 Å². The molecule has 2 fully saturated rings. The van der Waals surface area contributed by atoms with Crippen molar-refractivity contribution in [2.75, 3.05) is 7.11 Å². The fourth-order valence-electron chi connectivity index (χ4n) is 2.93. The third kappa shape index (κ3) is 0.804. The van der Waals surface area contributed by atoms with Crippen molar-refractivity contribution in [2.45, 2.75) is 25.0 Å². The molecule has 0 saturated carbocycles. The summed E-state index contributed by atoms with van der Waals surface area (Å²) >= 11 is 0. The molecule has 13 heavy (non-hydrogen) atoms. The van der Waals surface area contributed by atoms with E-state index in [2.05, 4.69) is 0 Å². The van der Waals surface area contributed by atoms with E-state index >= 15 is 0 Å². The second kappa shape index (κ2) is 2.35. The van der Waals surface area contributed by atoms with Crippen molar-refractivity contribution in [3.8, 4) is 0 Å². The SMILES string of the molecule is COC1=CC(=O)[C@@H]2C3CCC(O3)[C@H]12. The summed E-state index contributed by atoms with van der Waals surface area (Å²) in [4.78, 5) is 11.6. The lowest BCUT2D eigenvalue weighted by atomic mass is 9.80. The van der Waals surface area contributed by atoms with Crippen molar-refractivity contribution in [1.29, 1.82) is 0 Å². The summed E-state index contributed by atoms with van der Waals surface area (Å²) in [7, 11) is 1.63. The van der Waals surface area contributed by atoms with Crippen LogP contribution in [0.5, 0.6) is 0 Å². The maximum atomic E-state index is 11.6. The molecule has 70 valence electrons. The van der Waals surface area contributed by atoms with Crippen LogP contribution in [0.25, 0.3) is 0 Å². The molecule has 0 aromatic heterocycles. The van der Waals surface area contributed by atoms with Gasteiger partial charge in [-0.3, -0.25) is 4.79 Å². The van der Waals surface area contributed by atoms with Crippen LogP contribution in [-0.4, -0.2) is 25.1 Å². The van der Waals surface area contributed by atoms with E-state index in [1.54, 1.807) is 13.2 Å². The van der Waals surface area contributed by atoms with Gasteiger partial charge in [0.05, 0.1) is 31.2 Å². The molecule has 1 aliphatic carbocycles. The molecule has 0 aromatic rings. The van der Waals surface area contributed by atoms with Crippen molar-refractivity contribution in [1.82, 2.24) is 0 Å². The van der Waals surface area contributed by atoms with Crippen LogP contribution in [0, 0.1) is 11.8 Å². The van der Waals surface area contributed by atoms with E-state index in [-0.39, 0.29) is 29.8 Å². The van der Waals surface area contributed by atoms with Gasteiger partial charge in [0.1, 0.15) is 5.76 Å². The number of ether oxygens (including phenoxy) is 2. The lowest BCUT2D eigenvalue weighted by molar-refractivity contribution is -0.119. The second-order valence-corrected chi connectivity index (χ2v) is 4.00. The molecule has 0 amide bonds. The standard InChI is InChI=1S/C10H12O3/c1-12-8-4-5(11)9-6-2-3-7(13-6)10(8)9/h4,6-7,9-10H,2-3H2,1H3/t6?,7?,9-,10-/m1/s1. The Kier molecular flexibility index (Phi) is 1.37. The second-order valence-electron chi connectivity index (χ2n) is 4.00. The predicted octanol–water partition coefficient (Wildman–Crippen LogP) is 0.893. The van der Waals surface area contributed by atoms with Gasteiger partial charge >= 0.3 is 0 Å². The van der Waals surface area contributed by atoms with E-state index in [4.69, 9.17) is 9.47 Å². The Labute approximate surface area is 76.7 Å². The highest BCUT2D eigenvalue weighted by molar-refractivity contribution is 5.96. The van der Waals surface area contributed by atoms with E-state index in [9.17, 15) is 4.79 Å². The van der Waals surface area contributed by atoms with Crippen LogP contribution in [0.2, 0.25) is 0 Å². The summed E-state index contributed by atoms with van der Waals surface area (Å²) in [5, 5.41) is 0. The Morgan fingerprint density at radius 3 is 2.77 bits per heavy atom. The van der Waals surface area contributed by atoms with Crippen molar-refractivity contribution < 1.29 is 14.3 Å². The molecule has 4 atom stereocenters. The maximum Gasteiger partial charge on any atom is 0.165 e. The van der Waals surface area contributed by atoms with Gasteiger partial charge < -0.3 is 9.47 Å². The third-order valence-corrected chi connectivity index (χ3v) is 3.45. The largest absolute Gasteiger partial charge is 0.501 e. The fourth-order valence-corrected chi connectivity index (χ4v) is 2.93. The van der Waals surface area contributed by atoms with E-state index in [0.29, 0.717) is 0 Å². The van der Waals surface area contributed by atoms with Crippen LogP contribution < -0.4 is 0 Å². The number of hydrogen-bond acceptors (Lipinski definition) is 3. The van der Waals surface area contributed by atoms with Gasteiger partial charge in [-0.25, -0.2) is 0 Å². The Morgan fingerprint density at radius 1 is 1.38 bits per heavy atom. The van der Waals surface area contributed by atoms with Crippen molar-refractivity contribution in [2.24, 2.45) is 11.8 Å². The fraction of sp³-hybridized carbons (Fsp3) is 0.700. The van der Waals surface area contributed by atoms with Gasteiger partial charge in [-0.2, -0.15) is 0 Å². The summed E-state index contributed by atoms with van der Waals surface area (Å²) in [6.45, 7) is 0. The number of ketones is 1. The predicted molar refractivity (Wildman–Crippen MR) is 45.0 cm³/mol. The van der Waals surface area contributed by atoms with Crippen LogP contribution in [0.3, 0.4) is 0 Å². The highest BCUT2D eigenvalue weighted by Crippen LogP contribution is 2.50. The molecule has 2 aliphatic heterocycles. The van der Waals surface area contributed by atoms with Crippen molar-refractivity contribution in [3.63, 3.8) is 0 Å². The van der Waals surface area contributed by atoms with E-state index < -0.39 is 0 Å². The molecular weight excluding hydrogens is 168 g/mol. The van der Waals surface area contributed by atoms with Crippen LogP contribution in [-0.2, 0) is 14.3 Å². The Bertz CT molecular complexity index is 295. The Morgan fingerprint density at radius 2 is 2.08 bits per heavy atom. The average Bonchev–Trinajstić information content (AvgIpc) is 2.76. The van der Waals surface area contributed by atoms with Crippen molar-refractivity contribution in [3.05, 3.63) is 11.8 Å². The number of fused-ring (bicyclic) bond motifs is 5. The molecule has 2 heterocycles. The molecule has 3 heteroatoms. The molecule has 3 nitrogen and oxygen atoms in total. The molecule has 0 aromatic carbocycles. The average molecular weight is 180 g/mol. The summed E-state index contributed by atoms with van der Waals surface area (Å²) in [6.07, 6.45) is 4.20. The molecule has 0 radical (unpaired) electrons. The number of rotatable bonds is 1. The Balaban J connectivity index is 1.98. The molecule has 3 rings (SSSR count). The summed E-state index contributed by atoms with van der Waals surface area (Å²) in [5.41, 5.74) is 0. The van der Waals surface area contributed by atoms with Gasteiger partial charge in [0.2, 0.25) is 0 Å². The number of carbonyl (C=O) groups is 1. The van der Waals surface area contributed by atoms with E-state index in [0.717, 1.165) is 18.6 Å². The van der Waals surface area contributed by atoms with Crippen molar-refractivity contribution >= 4 is 5.78 Å². The van der Waals surface area contributed by atoms with Gasteiger partial charge in [-0.1, -0.05) is 0 Å². The van der Waals surface area contributed by atoms with Crippen LogP contribution in [0.1, 0.15) is 12.8 Å². The molecule has 2 bridgehead atoms. The first-order valence-electron chi connectivity index (χ1n) is 4.76. The molecule has 0 N–H and O–H groups in total. The monoisotopic (exact) mass is 180 g/mol. The number of hydrogen-bond donors (Lipinski definition) is 0. The van der Waals surface area contributed by atoms with Crippen LogP contribution in [0.15, 0.2) is 11.8 Å². The van der Waals surface area contributed by atoms with Crippen LogP contribution in [0.4, 0.5) is 0 Å². The minimum absolute atomic E-state index is 0.0775. The summed E-state index contributed by atoms with van der Waals surface area (Å²) in [6, 6.07) is 0. The zero-order chi connectivity index (χ0) is 9.00. The Hall–Kier alpha value is -0.830. The first-order valence-corrected chi connectivity index (χ1v) is 4.76. The van der Waals surface area contributed by atoms with Gasteiger partial charge in [-0.15, -0.1) is 0 Å². The number of methoxy groups -OCH3 is 1. The topological polar surface area (TPSA) is 35.5 Å². The first kappa shape index (κ1) is 7.56. The minimum atomic E-state index is 0.0775. The minimum Gasteiger partial charge on any atom is -0.501 e. The lowest BCUT2D eigenvalue weighted by Gasteiger charge is -2.21. The molecular formula is C10H12O3. The third-order valence-electron chi connectivity index (χ3n) is 3.45. The lowest BCUT2D eigenvalue weighted by Crippen LogP contribution is -2.29. The summed E-state index contributed by atoms with van der Waals surface area (Å²) < 4.78 is 10.9. The zero-order valence-corrected chi connectivity index (χ0v) is 7.53. The number of carbonyl (C=O) groups excluding carboxylic acids is 1. The molecule has 0 spiro atoms. The van der Waals surface area contributed by atoms with Crippen LogP contribution >= 0.6 is 0 Å². The zero-order valence-electron chi connectivity index (χ0n) is 7.53. The molecule has 2 saturated heterocycles. The van der Waals surface area contributed by atoms with Gasteiger partial charge in [0, 0.05) is 6.08 Å². The summed E-state index contributed by atoms with van der Waals surface area (Å²) in [5.74, 6) is 1.35. The normalized spacial score (nSPS) is 46.5. The number of allylic oxidation sites excluding steroid dienone is 1. The molecule has 3 aliphatic rings. The highest BCUT2D eigenvalue weighted by Gasteiger charge is 2.56. The van der Waals surface area contributed by atoms with E-state index in [1.807, 2.05) is 0 Å². The smallest absolute Gasteiger partial charge is 0.165 e. The molecule has 2 unspecified atom stereocenters. The van der Waals surface area contributed by atoms with Gasteiger partial charge in [-0.05, 0) is 12.8 Å². The quantitative estimate of drug-likeness (QED) is 0.601. The first-order chi connectivity index (χ1) is 6.31.